The van der Waals surface area contributed by atoms with Gasteiger partial charge >= 0.3 is 12.3 Å². The van der Waals surface area contributed by atoms with Gasteiger partial charge in [0, 0.05) is 12.6 Å². The average Bonchev–Trinajstić information content (AvgIpc) is 2.26. The normalized spacial score (nSPS) is 22.7. The molecule has 0 amide bonds. The van der Waals surface area contributed by atoms with Gasteiger partial charge in [-0.15, -0.1) is 0 Å². The number of hydrogen-bond acceptors (Lipinski definition) is 2. The molecule has 1 N–H and O–H groups in total. The predicted molar refractivity (Wildman–Crippen MR) is 52.0 cm³/mol. The van der Waals surface area contributed by atoms with Crippen LogP contribution in [0.4, 0.5) is 17.6 Å². The van der Waals surface area contributed by atoms with Crippen LogP contribution in [0.3, 0.4) is 0 Å². The average molecular weight is 243 g/mol. The molecule has 0 aliphatic carbocycles. The second kappa shape index (κ2) is 6.39. The Labute approximate surface area is 92.3 Å². The van der Waals surface area contributed by atoms with Crippen LogP contribution in [0.1, 0.15) is 25.7 Å². The zero-order valence-electron chi connectivity index (χ0n) is 9.02. The van der Waals surface area contributed by atoms with E-state index in [0.29, 0.717) is 6.42 Å². The maximum atomic E-state index is 12.4. The van der Waals surface area contributed by atoms with Gasteiger partial charge in [-0.25, -0.2) is 8.78 Å². The van der Waals surface area contributed by atoms with E-state index in [1.54, 1.807) is 0 Å². The topological polar surface area (TPSA) is 21.3 Å². The quantitative estimate of drug-likeness (QED) is 0.571. The summed E-state index contributed by atoms with van der Waals surface area (Å²) in [5.41, 5.74) is 0. The SMILES string of the molecule is FC(F)C(F)(F)COCCC1CCCCN1. The minimum Gasteiger partial charge on any atom is -0.375 e. The molecule has 1 saturated heterocycles. The highest BCUT2D eigenvalue weighted by Gasteiger charge is 2.40. The third-order valence-corrected chi connectivity index (χ3v) is 2.64. The summed E-state index contributed by atoms with van der Waals surface area (Å²) in [5, 5.41) is 3.22. The number of hydrogen-bond donors (Lipinski definition) is 1. The predicted octanol–water partition coefficient (Wildman–Crippen LogP) is 2.44. The van der Waals surface area contributed by atoms with Gasteiger partial charge in [0.1, 0.15) is 6.61 Å². The van der Waals surface area contributed by atoms with Crippen molar-refractivity contribution in [3.05, 3.63) is 0 Å². The number of piperidine rings is 1. The molecule has 0 radical (unpaired) electrons. The first-order valence-electron chi connectivity index (χ1n) is 5.49. The van der Waals surface area contributed by atoms with Crippen LogP contribution in [0, 0.1) is 0 Å². The van der Waals surface area contributed by atoms with Crippen molar-refractivity contribution in [3.63, 3.8) is 0 Å². The van der Waals surface area contributed by atoms with Crippen molar-refractivity contribution in [1.82, 2.24) is 5.32 Å². The maximum absolute atomic E-state index is 12.4. The molecule has 1 aliphatic rings. The van der Waals surface area contributed by atoms with Gasteiger partial charge in [-0.1, -0.05) is 6.42 Å². The third-order valence-electron chi connectivity index (χ3n) is 2.64. The van der Waals surface area contributed by atoms with Crippen LogP contribution in [0.2, 0.25) is 0 Å². The van der Waals surface area contributed by atoms with E-state index in [0.717, 1.165) is 25.8 Å². The maximum Gasteiger partial charge on any atom is 0.330 e. The first kappa shape index (κ1) is 13.7. The number of rotatable bonds is 6. The van der Waals surface area contributed by atoms with E-state index in [-0.39, 0.29) is 12.6 Å². The third kappa shape index (κ3) is 4.65. The van der Waals surface area contributed by atoms with Gasteiger partial charge in [-0.05, 0) is 25.8 Å². The van der Waals surface area contributed by atoms with Crippen LogP contribution in [0.15, 0.2) is 0 Å². The zero-order chi connectivity index (χ0) is 12.0. The van der Waals surface area contributed by atoms with Crippen molar-refractivity contribution < 1.29 is 22.3 Å². The summed E-state index contributed by atoms with van der Waals surface area (Å²) >= 11 is 0. The van der Waals surface area contributed by atoms with Gasteiger partial charge in [0.25, 0.3) is 0 Å². The Morgan fingerprint density at radius 2 is 2.06 bits per heavy atom. The van der Waals surface area contributed by atoms with E-state index >= 15 is 0 Å². The minimum absolute atomic E-state index is 0.0972. The smallest absolute Gasteiger partial charge is 0.330 e. The Morgan fingerprint density at radius 3 is 2.62 bits per heavy atom. The lowest BCUT2D eigenvalue weighted by molar-refractivity contribution is -0.166. The molecule has 1 atom stereocenters. The molecule has 1 heterocycles. The zero-order valence-corrected chi connectivity index (χ0v) is 9.02. The molecule has 2 nitrogen and oxygen atoms in total. The lowest BCUT2D eigenvalue weighted by Crippen LogP contribution is -2.36. The molecular formula is C10H17F4NO. The van der Waals surface area contributed by atoms with Crippen LogP contribution >= 0.6 is 0 Å². The molecule has 1 unspecified atom stereocenters. The second-order valence-corrected chi connectivity index (χ2v) is 4.05. The van der Waals surface area contributed by atoms with E-state index in [9.17, 15) is 17.6 Å². The lowest BCUT2D eigenvalue weighted by Gasteiger charge is -2.23. The van der Waals surface area contributed by atoms with Crippen LogP contribution < -0.4 is 5.32 Å². The van der Waals surface area contributed by atoms with Crippen molar-refractivity contribution in [3.8, 4) is 0 Å². The van der Waals surface area contributed by atoms with Crippen LogP contribution in [0.5, 0.6) is 0 Å². The fourth-order valence-electron chi connectivity index (χ4n) is 1.67. The summed E-state index contributed by atoms with van der Waals surface area (Å²) in [7, 11) is 0. The van der Waals surface area contributed by atoms with Crippen molar-refractivity contribution in [2.45, 2.75) is 44.1 Å². The molecule has 6 heteroatoms. The monoisotopic (exact) mass is 243 g/mol. The van der Waals surface area contributed by atoms with Gasteiger partial charge in [0.2, 0.25) is 0 Å². The fourth-order valence-corrected chi connectivity index (χ4v) is 1.67. The largest absolute Gasteiger partial charge is 0.375 e. The Morgan fingerprint density at radius 1 is 1.31 bits per heavy atom. The molecular weight excluding hydrogens is 226 g/mol. The Bertz CT molecular complexity index is 195. The summed E-state index contributed by atoms with van der Waals surface area (Å²) in [4.78, 5) is 0. The molecule has 0 bridgehead atoms. The molecule has 1 aliphatic heterocycles. The molecule has 1 rings (SSSR count). The first-order chi connectivity index (χ1) is 7.52. The van der Waals surface area contributed by atoms with Crippen LogP contribution in [-0.4, -0.2) is 38.1 Å². The number of halogens is 4. The highest BCUT2D eigenvalue weighted by Crippen LogP contribution is 2.23. The molecule has 1 fully saturated rings. The van der Waals surface area contributed by atoms with Gasteiger partial charge in [-0.3, -0.25) is 0 Å². The van der Waals surface area contributed by atoms with Gasteiger partial charge in [0.15, 0.2) is 0 Å². The highest BCUT2D eigenvalue weighted by molar-refractivity contribution is 4.72. The van der Waals surface area contributed by atoms with E-state index in [1.807, 2.05) is 0 Å². The van der Waals surface area contributed by atoms with Crippen LogP contribution in [0.25, 0.3) is 0 Å². The summed E-state index contributed by atoms with van der Waals surface area (Å²) in [6, 6.07) is 0.272. The van der Waals surface area contributed by atoms with Gasteiger partial charge < -0.3 is 10.1 Å². The van der Waals surface area contributed by atoms with E-state index in [2.05, 4.69) is 10.1 Å². The Balaban J connectivity index is 2.06. The standard InChI is InChI=1S/C10H17F4NO/c11-9(12)10(13,14)7-16-6-4-8-3-1-2-5-15-8/h8-9,15H,1-7H2. The molecule has 0 aromatic carbocycles. The minimum atomic E-state index is -4.03. The first-order valence-corrected chi connectivity index (χ1v) is 5.49. The second-order valence-electron chi connectivity index (χ2n) is 4.05. The van der Waals surface area contributed by atoms with Crippen LogP contribution in [-0.2, 0) is 4.74 Å². The van der Waals surface area contributed by atoms with Gasteiger partial charge in [-0.2, -0.15) is 8.78 Å². The molecule has 0 saturated carbocycles. The van der Waals surface area contributed by atoms with Crippen molar-refractivity contribution >= 4 is 0 Å². The number of ether oxygens (including phenoxy) is 1. The molecule has 0 aromatic heterocycles. The molecule has 0 aromatic rings. The lowest BCUT2D eigenvalue weighted by atomic mass is 10.0. The van der Waals surface area contributed by atoms with Gasteiger partial charge in [0.05, 0.1) is 0 Å². The Hall–Kier alpha value is -0.360. The van der Waals surface area contributed by atoms with E-state index < -0.39 is 19.0 Å². The van der Waals surface area contributed by atoms with E-state index in [4.69, 9.17) is 0 Å². The summed E-state index contributed by atoms with van der Waals surface area (Å²) in [6.07, 6.45) is 0.180. The Kier molecular flexibility index (Phi) is 5.48. The van der Waals surface area contributed by atoms with Crippen molar-refractivity contribution in [2.24, 2.45) is 0 Å². The summed E-state index contributed by atoms with van der Waals surface area (Å²) < 4.78 is 52.9. The summed E-state index contributed by atoms with van der Waals surface area (Å²) in [5.74, 6) is -4.03. The number of nitrogens with one attached hydrogen (secondary N) is 1. The van der Waals surface area contributed by atoms with Crippen molar-refractivity contribution in [1.29, 1.82) is 0 Å². The highest BCUT2D eigenvalue weighted by atomic mass is 19.3. The fraction of sp³-hybridized carbons (Fsp3) is 1.00. The molecule has 0 spiro atoms. The molecule has 16 heavy (non-hydrogen) atoms. The summed E-state index contributed by atoms with van der Waals surface area (Å²) in [6.45, 7) is -0.171. The van der Waals surface area contributed by atoms with E-state index in [1.165, 1.54) is 0 Å². The number of alkyl halides is 4. The van der Waals surface area contributed by atoms with Crippen molar-refractivity contribution in [2.75, 3.05) is 19.8 Å². The molecule has 96 valence electrons.